The molecule has 1 unspecified atom stereocenters. The van der Waals surface area contributed by atoms with E-state index in [1.54, 1.807) is 6.20 Å². The van der Waals surface area contributed by atoms with Gasteiger partial charge in [0.2, 0.25) is 5.28 Å². The van der Waals surface area contributed by atoms with Crippen LogP contribution in [0.25, 0.3) is 0 Å². The summed E-state index contributed by atoms with van der Waals surface area (Å²) in [5.41, 5.74) is 1.37. The summed E-state index contributed by atoms with van der Waals surface area (Å²) in [5, 5.41) is 0.256. The zero-order valence-corrected chi connectivity index (χ0v) is 11.6. The molecule has 1 aliphatic heterocycles. The number of allylic oxidation sites excluding steroid dienone is 3. The van der Waals surface area contributed by atoms with Gasteiger partial charge in [-0.05, 0) is 30.9 Å². The van der Waals surface area contributed by atoms with E-state index in [1.807, 2.05) is 7.05 Å². The van der Waals surface area contributed by atoms with Crippen LogP contribution in [0.5, 0.6) is 5.75 Å². The van der Waals surface area contributed by atoms with Gasteiger partial charge >= 0.3 is 0 Å². The number of hydrogen-bond donors (Lipinski definition) is 0. The molecule has 1 aromatic rings. The van der Waals surface area contributed by atoms with Crippen molar-refractivity contribution < 1.29 is 4.74 Å². The van der Waals surface area contributed by atoms with Gasteiger partial charge in [-0.3, -0.25) is 0 Å². The first-order valence-electron chi connectivity index (χ1n) is 6.48. The van der Waals surface area contributed by atoms with Gasteiger partial charge in [-0.15, -0.1) is 0 Å². The second kappa shape index (κ2) is 5.21. The molecule has 0 saturated carbocycles. The molecule has 2 aliphatic rings. The van der Waals surface area contributed by atoms with Crippen LogP contribution in [0.1, 0.15) is 19.3 Å². The second-order valence-electron chi connectivity index (χ2n) is 4.87. The van der Waals surface area contributed by atoms with E-state index < -0.39 is 0 Å². The Morgan fingerprint density at radius 3 is 3.16 bits per heavy atom. The SMILES string of the molecule is CN1c2nc(Cl)ncc2OCC1CC1=CCCC=C1. The molecule has 0 aromatic carbocycles. The van der Waals surface area contributed by atoms with Crippen molar-refractivity contribution in [1.82, 2.24) is 9.97 Å². The number of rotatable bonds is 2. The van der Waals surface area contributed by atoms with Crippen LogP contribution in [0.4, 0.5) is 5.82 Å². The summed E-state index contributed by atoms with van der Waals surface area (Å²) in [7, 11) is 2.03. The predicted octanol–water partition coefficient (Wildman–Crippen LogP) is 2.99. The minimum Gasteiger partial charge on any atom is -0.486 e. The van der Waals surface area contributed by atoms with Gasteiger partial charge in [-0.1, -0.05) is 23.8 Å². The maximum Gasteiger partial charge on any atom is 0.224 e. The first kappa shape index (κ1) is 12.5. The third-order valence-electron chi connectivity index (χ3n) is 3.56. The summed E-state index contributed by atoms with van der Waals surface area (Å²) >= 11 is 5.85. The summed E-state index contributed by atoms with van der Waals surface area (Å²) in [6.45, 7) is 0.652. The van der Waals surface area contributed by atoms with Crippen LogP contribution in [0.3, 0.4) is 0 Å². The molecule has 0 N–H and O–H groups in total. The lowest BCUT2D eigenvalue weighted by atomic mass is 9.99. The Kier molecular flexibility index (Phi) is 3.42. The van der Waals surface area contributed by atoms with E-state index in [1.165, 1.54) is 5.57 Å². The van der Waals surface area contributed by atoms with Crippen LogP contribution in [0.2, 0.25) is 5.28 Å². The molecule has 0 bridgehead atoms. The summed E-state index contributed by atoms with van der Waals surface area (Å²) in [6.07, 6.45) is 11.6. The van der Waals surface area contributed by atoms with E-state index in [0.717, 1.165) is 25.1 Å². The molecule has 1 atom stereocenters. The van der Waals surface area contributed by atoms with Crippen molar-refractivity contribution in [3.8, 4) is 5.75 Å². The van der Waals surface area contributed by atoms with E-state index in [-0.39, 0.29) is 11.3 Å². The fourth-order valence-corrected chi connectivity index (χ4v) is 2.58. The van der Waals surface area contributed by atoms with Crippen LogP contribution in [0.15, 0.2) is 30.0 Å². The molecule has 0 spiro atoms. The van der Waals surface area contributed by atoms with Crippen LogP contribution in [-0.2, 0) is 0 Å². The summed E-state index contributed by atoms with van der Waals surface area (Å²) < 4.78 is 5.73. The lowest BCUT2D eigenvalue weighted by Gasteiger charge is -2.35. The molecule has 2 heterocycles. The first-order valence-corrected chi connectivity index (χ1v) is 6.85. The molecule has 0 radical (unpaired) electrons. The van der Waals surface area contributed by atoms with Crippen molar-refractivity contribution in [2.24, 2.45) is 0 Å². The van der Waals surface area contributed by atoms with Gasteiger partial charge in [0.15, 0.2) is 11.6 Å². The number of likely N-dealkylation sites (N-methyl/N-ethyl adjacent to an activating group) is 1. The number of aromatic nitrogens is 2. The molecule has 1 aromatic heterocycles. The third kappa shape index (κ3) is 2.59. The van der Waals surface area contributed by atoms with Gasteiger partial charge in [-0.2, -0.15) is 4.98 Å². The molecule has 4 nitrogen and oxygen atoms in total. The number of anilines is 1. The number of hydrogen-bond acceptors (Lipinski definition) is 4. The quantitative estimate of drug-likeness (QED) is 0.779. The normalized spacial score (nSPS) is 21.7. The topological polar surface area (TPSA) is 38.2 Å². The van der Waals surface area contributed by atoms with Gasteiger partial charge in [0.1, 0.15) is 6.61 Å². The maximum atomic E-state index is 5.85. The van der Waals surface area contributed by atoms with Crippen LogP contribution in [0, 0.1) is 0 Å². The Hall–Kier alpha value is -1.55. The lowest BCUT2D eigenvalue weighted by Crippen LogP contribution is -2.41. The molecule has 0 amide bonds. The zero-order valence-electron chi connectivity index (χ0n) is 10.8. The standard InChI is InChI=1S/C14H16ClN3O/c1-18-11(7-10-5-3-2-4-6-10)9-19-12-8-16-14(15)17-13(12)18/h3,5-6,8,11H,2,4,7,9H2,1H3. The summed E-state index contributed by atoms with van der Waals surface area (Å²) in [5.74, 6) is 1.48. The number of halogens is 1. The van der Waals surface area contributed by atoms with Gasteiger partial charge < -0.3 is 9.64 Å². The molecule has 5 heteroatoms. The Balaban J connectivity index is 1.79. The van der Waals surface area contributed by atoms with Crippen molar-refractivity contribution in [2.75, 3.05) is 18.6 Å². The molecule has 3 rings (SSSR count). The number of nitrogens with zero attached hydrogens (tertiary/aromatic N) is 3. The fraction of sp³-hybridized carbons (Fsp3) is 0.429. The van der Waals surface area contributed by atoms with E-state index in [0.29, 0.717) is 12.4 Å². The smallest absolute Gasteiger partial charge is 0.224 e. The maximum absolute atomic E-state index is 5.85. The molecule has 0 fully saturated rings. The average molecular weight is 278 g/mol. The van der Waals surface area contributed by atoms with Crippen molar-refractivity contribution in [2.45, 2.75) is 25.3 Å². The minimum absolute atomic E-state index is 0.256. The van der Waals surface area contributed by atoms with E-state index in [2.05, 4.69) is 33.1 Å². The van der Waals surface area contributed by atoms with Gasteiger partial charge in [0.05, 0.1) is 12.2 Å². The number of fused-ring (bicyclic) bond motifs is 1. The minimum atomic E-state index is 0.256. The molecule has 1 aliphatic carbocycles. The molecular weight excluding hydrogens is 262 g/mol. The van der Waals surface area contributed by atoms with Gasteiger partial charge in [0.25, 0.3) is 0 Å². The second-order valence-corrected chi connectivity index (χ2v) is 5.20. The Morgan fingerprint density at radius 2 is 2.37 bits per heavy atom. The van der Waals surface area contributed by atoms with E-state index in [9.17, 15) is 0 Å². The third-order valence-corrected chi connectivity index (χ3v) is 3.75. The summed E-state index contributed by atoms with van der Waals surface area (Å²) in [6, 6.07) is 0.285. The zero-order chi connectivity index (χ0) is 13.2. The van der Waals surface area contributed by atoms with Crippen molar-refractivity contribution >= 4 is 17.4 Å². The highest BCUT2D eigenvalue weighted by atomic mass is 35.5. The van der Waals surface area contributed by atoms with Crippen molar-refractivity contribution in [3.05, 3.63) is 35.3 Å². The highest BCUT2D eigenvalue weighted by Crippen LogP contribution is 2.33. The van der Waals surface area contributed by atoms with Crippen LogP contribution < -0.4 is 9.64 Å². The molecule has 100 valence electrons. The highest BCUT2D eigenvalue weighted by Gasteiger charge is 2.27. The largest absolute Gasteiger partial charge is 0.486 e. The van der Waals surface area contributed by atoms with Crippen molar-refractivity contribution in [1.29, 1.82) is 0 Å². The molecule has 0 saturated heterocycles. The number of ether oxygens (including phenoxy) is 1. The molecule has 19 heavy (non-hydrogen) atoms. The Bertz CT molecular complexity index is 541. The highest BCUT2D eigenvalue weighted by molar-refractivity contribution is 6.28. The first-order chi connectivity index (χ1) is 9.24. The average Bonchev–Trinajstić information content (AvgIpc) is 2.44. The lowest BCUT2D eigenvalue weighted by molar-refractivity contribution is 0.262. The van der Waals surface area contributed by atoms with Gasteiger partial charge in [-0.25, -0.2) is 4.98 Å². The fourth-order valence-electron chi connectivity index (χ4n) is 2.45. The summed E-state index contributed by atoms with van der Waals surface area (Å²) in [4.78, 5) is 10.3. The van der Waals surface area contributed by atoms with E-state index in [4.69, 9.17) is 16.3 Å². The molecular formula is C14H16ClN3O. The predicted molar refractivity (Wildman–Crippen MR) is 75.8 cm³/mol. The van der Waals surface area contributed by atoms with Crippen LogP contribution >= 0.6 is 11.6 Å². The Morgan fingerprint density at radius 1 is 1.47 bits per heavy atom. The van der Waals surface area contributed by atoms with Crippen molar-refractivity contribution in [3.63, 3.8) is 0 Å². The van der Waals surface area contributed by atoms with Gasteiger partial charge in [0, 0.05) is 7.05 Å². The van der Waals surface area contributed by atoms with Crippen LogP contribution in [-0.4, -0.2) is 29.7 Å². The monoisotopic (exact) mass is 277 g/mol. The van der Waals surface area contributed by atoms with E-state index >= 15 is 0 Å². The Labute approximate surface area is 117 Å².